The van der Waals surface area contributed by atoms with Gasteiger partial charge in [-0.2, -0.15) is 0 Å². The minimum atomic E-state index is 0.911. The fourth-order valence-corrected chi connectivity index (χ4v) is 3.13. The fourth-order valence-electron chi connectivity index (χ4n) is 3.13. The quantitative estimate of drug-likeness (QED) is 0.892. The molecule has 1 aromatic rings. The molecule has 1 fully saturated rings. The summed E-state index contributed by atoms with van der Waals surface area (Å²) < 4.78 is 0. The molecule has 1 N–H and O–H groups in total. The highest BCUT2D eigenvalue weighted by Gasteiger charge is 2.21. The molecule has 1 aliphatic heterocycles. The van der Waals surface area contributed by atoms with Crippen LogP contribution in [0.15, 0.2) is 6.07 Å². The van der Waals surface area contributed by atoms with Crippen LogP contribution in [0.1, 0.15) is 49.9 Å². The van der Waals surface area contributed by atoms with Crippen molar-refractivity contribution in [3.8, 4) is 0 Å². The minimum Gasteiger partial charge on any atom is -0.356 e. The van der Waals surface area contributed by atoms with Crippen molar-refractivity contribution in [2.45, 2.75) is 53.5 Å². The number of nitrogens with one attached hydrogen (secondary N) is 1. The average molecular weight is 275 g/mol. The SMILES string of the molecule is CCNCc1c(C)cc(C)nc1N1CCC(CC)CC1. The lowest BCUT2D eigenvalue weighted by atomic mass is 9.94. The zero-order chi connectivity index (χ0) is 14.5. The molecule has 0 bridgehead atoms. The van der Waals surface area contributed by atoms with E-state index in [1.807, 2.05) is 0 Å². The van der Waals surface area contributed by atoms with Gasteiger partial charge in [-0.05, 0) is 50.8 Å². The third-order valence-electron chi connectivity index (χ3n) is 4.50. The lowest BCUT2D eigenvalue weighted by molar-refractivity contribution is 0.393. The summed E-state index contributed by atoms with van der Waals surface area (Å²) in [6.07, 6.45) is 3.94. The molecular formula is C17H29N3. The first kappa shape index (κ1) is 15.3. The van der Waals surface area contributed by atoms with Gasteiger partial charge in [-0.3, -0.25) is 0 Å². The molecule has 2 rings (SSSR count). The highest BCUT2D eigenvalue weighted by atomic mass is 15.2. The van der Waals surface area contributed by atoms with Gasteiger partial charge >= 0.3 is 0 Å². The van der Waals surface area contributed by atoms with Crippen LogP contribution in [-0.4, -0.2) is 24.6 Å². The number of aromatic nitrogens is 1. The highest BCUT2D eigenvalue weighted by Crippen LogP contribution is 2.28. The monoisotopic (exact) mass is 275 g/mol. The second kappa shape index (κ2) is 7.07. The molecule has 1 saturated heterocycles. The van der Waals surface area contributed by atoms with Gasteiger partial charge in [0.05, 0.1) is 0 Å². The third kappa shape index (κ3) is 3.51. The van der Waals surface area contributed by atoms with E-state index in [4.69, 9.17) is 4.98 Å². The molecule has 0 aromatic carbocycles. The largest absolute Gasteiger partial charge is 0.356 e. The second-order valence-corrected chi connectivity index (χ2v) is 6.00. The normalized spacial score (nSPS) is 16.7. The van der Waals surface area contributed by atoms with Crippen LogP contribution in [0.3, 0.4) is 0 Å². The molecule has 2 heterocycles. The van der Waals surface area contributed by atoms with Crippen LogP contribution in [0.4, 0.5) is 5.82 Å². The Hall–Kier alpha value is -1.09. The van der Waals surface area contributed by atoms with Crippen molar-refractivity contribution < 1.29 is 0 Å². The van der Waals surface area contributed by atoms with E-state index in [9.17, 15) is 0 Å². The van der Waals surface area contributed by atoms with Gasteiger partial charge in [-0.25, -0.2) is 4.98 Å². The Balaban J connectivity index is 2.21. The van der Waals surface area contributed by atoms with Crippen molar-refractivity contribution in [3.05, 3.63) is 22.9 Å². The van der Waals surface area contributed by atoms with Crippen LogP contribution in [0.5, 0.6) is 0 Å². The Morgan fingerprint density at radius 2 is 1.95 bits per heavy atom. The van der Waals surface area contributed by atoms with E-state index in [0.29, 0.717) is 0 Å². The summed E-state index contributed by atoms with van der Waals surface area (Å²) in [5.41, 5.74) is 3.88. The number of rotatable bonds is 5. The molecule has 3 heteroatoms. The maximum absolute atomic E-state index is 4.85. The Bertz CT molecular complexity index is 434. The van der Waals surface area contributed by atoms with Crippen LogP contribution < -0.4 is 10.2 Å². The van der Waals surface area contributed by atoms with Crippen LogP contribution >= 0.6 is 0 Å². The van der Waals surface area contributed by atoms with Crippen molar-refractivity contribution in [3.63, 3.8) is 0 Å². The second-order valence-electron chi connectivity index (χ2n) is 6.00. The van der Waals surface area contributed by atoms with Crippen molar-refractivity contribution in [1.82, 2.24) is 10.3 Å². The van der Waals surface area contributed by atoms with Gasteiger partial charge in [0.2, 0.25) is 0 Å². The first-order chi connectivity index (χ1) is 9.65. The van der Waals surface area contributed by atoms with E-state index >= 15 is 0 Å². The van der Waals surface area contributed by atoms with Crippen LogP contribution in [-0.2, 0) is 6.54 Å². The number of hydrogen-bond acceptors (Lipinski definition) is 3. The lowest BCUT2D eigenvalue weighted by Crippen LogP contribution is -2.35. The topological polar surface area (TPSA) is 28.2 Å². The summed E-state index contributed by atoms with van der Waals surface area (Å²) in [6, 6.07) is 2.20. The van der Waals surface area contributed by atoms with E-state index in [-0.39, 0.29) is 0 Å². The van der Waals surface area contributed by atoms with Gasteiger partial charge in [0.15, 0.2) is 0 Å². The van der Waals surface area contributed by atoms with Crippen molar-refractivity contribution in [1.29, 1.82) is 0 Å². The zero-order valence-corrected chi connectivity index (χ0v) is 13.5. The summed E-state index contributed by atoms with van der Waals surface area (Å²) in [5.74, 6) is 2.13. The molecule has 0 spiro atoms. The first-order valence-corrected chi connectivity index (χ1v) is 8.08. The number of anilines is 1. The number of nitrogens with zero attached hydrogens (tertiary/aromatic N) is 2. The number of aryl methyl sites for hydroxylation is 2. The fraction of sp³-hybridized carbons (Fsp3) is 0.706. The number of hydrogen-bond donors (Lipinski definition) is 1. The van der Waals surface area contributed by atoms with Gasteiger partial charge in [-0.1, -0.05) is 20.3 Å². The lowest BCUT2D eigenvalue weighted by Gasteiger charge is -2.34. The molecule has 0 amide bonds. The van der Waals surface area contributed by atoms with Gasteiger partial charge in [-0.15, -0.1) is 0 Å². The summed E-state index contributed by atoms with van der Waals surface area (Å²) in [4.78, 5) is 7.35. The van der Waals surface area contributed by atoms with Crippen molar-refractivity contribution in [2.75, 3.05) is 24.5 Å². The maximum Gasteiger partial charge on any atom is 0.133 e. The van der Waals surface area contributed by atoms with E-state index in [0.717, 1.165) is 37.8 Å². The predicted octanol–water partition coefficient (Wildman–Crippen LogP) is 3.43. The van der Waals surface area contributed by atoms with Gasteiger partial charge < -0.3 is 10.2 Å². The van der Waals surface area contributed by atoms with E-state index < -0.39 is 0 Å². The van der Waals surface area contributed by atoms with E-state index in [2.05, 4.69) is 44.0 Å². The Labute approximate surface area is 123 Å². The van der Waals surface area contributed by atoms with Gasteiger partial charge in [0.25, 0.3) is 0 Å². The summed E-state index contributed by atoms with van der Waals surface area (Å²) in [5, 5.41) is 3.46. The molecule has 0 aliphatic carbocycles. The smallest absolute Gasteiger partial charge is 0.133 e. The molecule has 112 valence electrons. The molecule has 1 aliphatic rings. The molecule has 20 heavy (non-hydrogen) atoms. The average Bonchev–Trinajstić information content (AvgIpc) is 2.46. The maximum atomic E-state index is 4.85. The minimum absolute atomic E-state index is 0.911. The van der Waals surface area contributed by atoms with E-state index in [1.54, 1.807) is 0 Å². The molecule has 0 saturated carbocycles. The van der Waals surface area contributed by atoms with Crippen molar-refractivity contribution >= 4 is 5.82 Å². The molecule has 0 atom stereocenters. The number of piperidine rings is 1. The van der Waals surface area contributed by atoms with Crippen LogP contribution in [0.2, 0.25) is 0 Å². The van der Waals surface area contributed by atoms with Crippen LogP contribution in [0, 0.1) is 19.8 Å². The van der Waals surface area contributed by atoms with Crippen molar-refractivity contribution in [2.24, 2.45) is 5.92 Å². The summed E-state index contributed by atoms with van der Waals surface area (Å²) in [7, 11) is 0. The Morgan fingerprint density at radius 1 is 1.25 bits per heavy atom. The molecule has 0 radical (unpaired) electrons. The third-order valence-corrected chi connectivity index (χ3v) is 4.50. The van der Waals surface area contributed by atoms with Gasteiger partial charge in [0.1, 0.15) is 5.82 Å². The standard InChI is InChI=1S/C17H29N3/c1-5-15-7-9-20(10-8-15)17-16(12-18-6-2)13(3)11-14(4)19-17/h11,15,18H,5-10,12H2,1-4H3. The van der Waals surface area contributed by atoms with Crippen LogP contribution in [0.25, 0.3) is 0 Å². The Kier molecular flexibility index (Phi) is 5.41. The number of pyridine rings is 1. The van der Waals surface area contributed by atoms with E-state index in [1.165, 1.54) is 36.2 Å². The molecule has 0 unspecified atom stereocenters. The van der Waals surface area contributed by atoms with Gasteiger partial charge in [0, 0.05) is 30.9 Å². The molecule has 3 nitrogen and oxygen atoms in total. The first-order valence-electron chi connectivity index (χ1n) is 8.08. The molecular weight excluding hydrogens is 246 g/mol. The zero-order valence-electron chi connectivity index (χ0n) is 13.5. The molecule has 1 aromatic heterocycles. The summed E-state index contributed by atoms with van der Waals surface area (Å²) >= 11 is 0. The summed E-state index contributed by atoms with van der Waals surface area (Å²) in [6.45, 7) is 13.0. The Morgan fingerprint density at radius 3 is 2.55 bits per heavy atom. The highest BCUT2D eigenvalue weighted by molar-refractivity contribution is 5.52. The predicted molar refractivity (Wildman–Crippen MR) is 86.3 cm³/mol.